The van der Waals surface area contributed by atoms with Gasteiger partial charge in [-0.15, -0.1) is 10.2 Å². The van der Waals surface area contributed by atoms with Crippen molar-refractivity contribution in [2.75, 3.05) is 7.05 Å². The molecule has 0 aromatic carbocycles. The molecule has 0 radical (unpaired) electrons. The molecule has 0 saturated heterocycles. The summed E-state index contributed by atoms with van der Waals surface area (Å²) in [5.74, 6) is 2.22. The minimum Gasteiger partial charge on any atom is -0.314 e. The first-order valence-electron chi connectivity index (χ1n) is 6.31. The molecule has 0 atom stereocenters. The summed E-state index contributed by atoms with van der Waals surface area (Å²) in [6.45, 7) is 2.82. The van der Waals surface area contributed by atoms with Crippen molar-refractivity contribution in [2.45, 2.75) is 32.5 Å². The number of hydrogen-bond donors (Lipinski definition) is 0. The van der Waals surface area contributed by atoms with Crippen LogP contribution in [0.1, 0.15) is 23.6 Å². The predicted octanol–water partition coefficient (Wildman–Crippen LogP) is 1.25. The minimum absolute atomic E-state index is 0.843. The highest BCUT2D eigenvalue weighted by Gasteiger charge is 2.17. The SMILES string of the molecule is CN(Cc1ccncc1)Cc1nnc2n1CCC2. The van der Waals surface area contributed by atoms with Gasteiger partial charge in [-0.1, -0.05) is 0 Å². The molecule has 1 aliphatic rings. The van der Waals surface area contributed by atoms with Gasteiger partial charge in [-0.05, 0) is 31.2 Å². The molecule has 3 heterocycles. The predicted molar refractivity (Wildman–Crippen MR) is 67.8 cm³/mol. The van der Waals surface area contributed by atoms with Gasteiger partial charge in [-0.3, -0.25) is 9.88 Å². The average molecular weight is 243 g/mol. The number of aromatic nitrogens is 4. The lowest BCUT2D eigenvalue weighted by atomic mass is 10.2. The standard InChI is InChI=1S/C13H17N5/c1-17(9-11-4-6-14-7-5-11)10-13-16-15-12-3-2-8-18(12)13/h4-7H,2-3,8-10H2,1H3. The van der Waals surface area contributed by atoms with E-state index in [1.165, 1.54) is 12.0 Å². The van der Waals surface area contributed by atoms with Gasteiger partial charge in [-0.2, -0.15) is 0 Å². The zero-order chi connectivity index (χ0) is 12.4. The lowest BCUT2D eigenvalue weighted by molar-refractivity contribution is 0.305. The molecule has 1 aliphatic heterocycles. The van der Waals surface area contributed by atoms with E-state index in [0.717, 1.165) is 37.7 Å². The van der Waals surface area contributed by atoms with E-state index in [0.29, 0.717) is 0 Å². The van der Waals surface area contributed by atoms with Crippen molar-refractivity contribution >= 4 is 0 Å². The Labute approximate surface area is 106 Å². The largest absolute Gasteiger partial charge is 0.314 e. The highest BCUT2D eigenvalue weighted by molar-refractivity contribution is 5.09. The van der Waals surface area contributed by atoms with Crippen molar-refractivity contribution in [2.24, 2.45) is 0 Å². The lowest BCUT2D eigenvalue weighted by Crippen LogP contribution is -2.20. The van der Waals surface area contributed by atoms with Crippen molar-refractivity contribution in [3.05, 3.63) is 41.7 Å². The molecular formula is C13H17N5. The van der Waals surface area contributed by atoms with E-state index in [9.17, 15) is 0 Å². The first-order valence-corrected chi connectivity index (χ1v) is 6.31. The van der Waals surface area contributed by atoms with Crippen LogP contribution in [0.3, 0.4) is 0 Å². The van der Waals surface area contributed by atoms with Gasteiger partial charge in [0.2, 0.25) is 0 Å². The molecule has 3 rings (SSSR count). The maximum absolute atomic E-state index is 4.28. The molecule has 18 heavy (non-hydrogen) atoms. The van der Waals surface area contributed by atoms with Crippen LogP contribution in [-0.2, 0) is 26.1 Å². The van der Waals surface area contributed by atoms with Crippen LogP contribution in [0.15, 0.2) is 24.5 Å². The van der Waals surface area contributed by atoms with E-state index in [1.54, 1.807) is 0 Å². The third-order valence-corrected chi connectivity index (χ3v) is 3.30. The van der Waals surface area contributed by atoms with Crippen LogP contribution in [0.4, 0.5) is 0 Å². The Morgan fingerprint density at radius 2 is 2.06 bits per heavy atom. The van der Waals surface area contributed by atoms with E-state index in [1.807, 2.05) is 24.5 Å². The normalized spacial score (nSPS) is 14.1. The average Bonchev–Trinajstić information content (AvgIpc) is 2.95. The fourth-order valence-corrected chi connectivity index (χ4v) is 2.42. The van der Waals surface area contributed by atoms with Gasteiger partial charge in [0.05, 0.1) is 6.54 Å². The Kier molecular flexibility index (Phi) is 3.06. The van der Waals surface area contributed by atoms with E-state index in [-0.39, 0.29) is 0 Å². The Bertz CT molecular complexity index is 519. The Morgan fingerprint density at radius 3 is 2.89 bits per heavy atom. The fraction of sp³-hybridized carbons (Fsp3) is 0.462. The van der Waals surface area contributed by atoms with Crippen LogP contribution >= 0.6 is 0 Å². The second-order valence-corrected chi connectivity index (χ2v) is 4.82. The molecule has 0 unspecified atom stereocenters. The summed E-state index contributed by atoms with van der Waals surface area (Å²) in [6.07, 6.45) is 5.93. The molecule has 2 aromatic heterocycles. The number of fused-ring (bicyclic) bond motifs is 1. The zero-order valence-corrected chi connectivity index (χ0v) is 10.6. The van der Waals surface area contributed by atoms with Crippen molar-refractivity contribution in [1.29, 1.82) is 0 Å². The molecule has 0 bridgehead atoms. The number of rotatable bonds is 4. The molecule has 2 aromatic rings. The highest BCUT2D eigenvalue weighted by atomic mass is 15.3. The van der Waals surface area contributed by atoms with Crippen molar-refractivity contribution in [1.82, 2.24) is 24.6 Å². The first-order chi connectivity index (χ1) is 8.83. The summed E-state index contributed by atoms with van der Waals surface area (Å²) >= 11 is 0. The van der Waals surface area contributed by atoms with E-state index in [4.69, 9.17) is 0 Å². The number of hydrogen-bond acceptors (Lipinski definition) is 4. The van der Waals surface area contributed by atoms with E-state index < -0.39 is 0 Å². The van der Waals surface area contributed by atoms with E-state index >= 15 is 0 Å². The third kappa shape index (κ3) is 2.26. The Balaban J connectivity index is 1.66. The summed E-state index contributed by atoms with van der Waals surface area (Å²) in [6, 6.07) is 4.09. The fourth-order valence-electron chi connectivity index (χ4n) is 2.42. The van der Waals surface area contributed by atoms with Crippen LogP contribution in [0.5, 0.6) is 0 Å². The maximum atomic E-state index is 4.28. The summed E-state index contributed by atoms with van der Waals surface area (Å²) < 4.78 is 2.25. The van der Waals surface area contributed by atoms with Crippen molar-refractivity contribution in [3.8, 4) is 0 Å². The lowest BCUT2D eigenvalue weighted by Gasteiger charge is -2.16. The summed E-state index contributed by atoms with van der Waals surface area (Å²) in [5, 5.41) is 8.51. The topological polar surface area (TPSA) is 46.8 Å². The second-order valence-electron chi connectivity index (χ2n) is 4.82. The first kappa shape index (κ1) is 11.3. The zero-order valence-electron chi connectivity index (χ0n) is 10.6. The minimum atomic E-state index is 0.843. The highest BCUT2D eigenvalue weighted by Crippen LogP contribution is 2.15. The number of nitrogens with zero attached hydrogens (tertiary/aromatic N) is 5. The van der Waals surface area contributed by atoms with Gasteiger partial charge in [0.25, 0.3) is 0 Å². The number of aryl methyl sites for hydroxylation is 1. The molecule has 0 N–H and O–H groups in total. The summed E-state index contributed by atoms with van der Waals surface area (Å²) in [5.41, 5.74) is 1.27. The van der Waals surface area contributed by atoms with Crippen molar-refractivity contribution < 1.29 is 0 Å². The van der Waals surface area contributed by atoms with Crippen LogP contribution in [0, 0.1) is 0 Å². The van der Waals surface area contributed by atoms with Crippen LogP contribution in [0.2, 0.25) is 0 Å². The van der Waals surface area contributed by atoms with Crippen LogP contribution in [-0.4, -0.2) is 31.7 Å². The summed E-state index contributed by atoms with van der Waals surface area (Å²) in [7, 11) is 2.11. The van der Waals surface area contributed by atoms with Gasteiger partial charge >= 0.3 is 0 Å². The summed E-state index contributed by atoms with van der Waals surface area (Å²) in [4.78, 5) is 6.29. The number of pyridine rings is 1. The van der Waals surface area contributed by atoms with Gasteiger partial charge in [-0.25, -0.2) is 0 Å². The molecule has 0 aliphatic carbocycles. The molecular weight excluding hydrogens is 226 g/mol. The van der Waals surface area contributed by atoms with Gasteiger partial charge in [0, 0.05) is 31.9 Å². The quantitative estimate of drug-likeness (QED) is 0.811. The molecule has 5 heteroatoms. The molecule has 0 fully saturated rings. The third-order valence-electron chi connectivity index (χ3n) is 3.30. The van der Waals surface area contributed by atoms with Crippen LogP contribution < -0.4 is 0 Å². The molecule has 94 valence electrons. The van der Waals surface area contributed by atoms with Crippen molar-refractivity contribution in [3.63, 3.8) is 0 Å². The Hall–Kier alpha value is -1.75. The molecule has 5 nitrogen and oxygen atoms in total. The van der Waals surface area contributed by atoms with Gasteiger partial charge < -0.3 is 4.57 Å². The maximum Gasteiger partial charge on any atom is 0.147 e. The molecule has 0 saturated carbocycles. The molecule has 0 amide bonds. The van der Waals surface area contributed by atoms with Crippen LogP contribution in [0.25, 0.3) is 0 Å². The van der Waals surface area contributed by atoms with Gasteiger partial charge in [0.15, 0.2) is 0 Å². The molecule has 0 spiro atoms. The monoisotopic (exact) mass is 243 g/mol. The smallest absolute Gasteiger partial charge is 0.147 e. The van der Waals surface area contributed by atoms with Gasteiger partial charge in [0.1, 0.15) is 11.6 Å². The van der Waals surface area contributed by atoms with E-state index in [2.05, 4.69) is 31.7 Å². The second kappa shape index (κ2) is 4.86. The Morgan fingerprint density at radius 1 is 1.22 bits per heavy atom.